The van der Waals surface area contributed by atoms with Crippen LogP contribution >= 0.6 is 0 Å². The smallest absolute Gasteiger partial charge is 0.294 e. The number of furan rings is 1. The Morgan fingerprint density at radius 1 is 1.06 bits per heavy atom. The zero-order valence-electron chi connectivity index (χ0n) is 17.2. The summed E-state index contributed by atoms with van der Waals surface area (Å²) in [7, 11) is -3.53. The van der Waals surface area contributed by atoms with E-state index in [1.807, 2.05) is 0 Å². The van der Waals surface area contributed by atoms with Gasteiger partial charge in [0.15, 0.2) is 17.2 Å². The van der Waals surface area contributed by atoms with Crippen molar-refractivity contribution in [3.8, 4) is 0 Å². The zero-order chi connectivity index (χ0) is 21.8. The van der Waals surface area contributed by atoms with Crippen LogP contribution in [-0.2, 0) is 16.4 Å². The fraction of sp³-hybridized carbons (Fsp3) is 0.348. The number of benzene rings is 2. The molecule has 2 aliphatic heterocycles. The van der Waals surface area contributed by atoms with Crippen LogP contribution in [0.3, 0.4) is 0 Å². The second kappa shape index (κ2) is 7.46. The van der Waals surface area contributed by atoms with Gasteiger partial charge in [-0.15, -0.1) is 0 Å². The average molecular weight is 443 g/mol. The second-order valence-corrected chi connectivity index (χ2v) is 10.1. The van der Waals surface area contributed by atoms with Gasteiger partial charge >= 0.3 is 0 Å². The number of amides is 1. The Morgan fingerprint density at radius 3 is 2.58 bits per heavy atom. The van der Waals surface area contributed by atoms with Crippen LogP contribution in [0.25, 0.3) is 11.0 Å². The van der Waals surface area contributed by atoms with Gasteiger partial charge in [-0.3, -0.25) is 4.79 Å². The molecule has 1 amide bonds. The van der Waals surface area contributed by atoms with E-state index < -0.39 is 15.8 Å². The lowest BCUT2D eigenvalue weighted by atomic mass is 10.1. The van der Waals surface area contributed by atoms with E-state index in [0.717, 1.165) is 24.8 Å². The molecule has 0 atom stereocenters. The van der Waals surface area contributed by atoms with Gasteiger partial charge in [0.05, 0.1) is 4.90 Å². The van der Waals surface area contributed by atoms with Crippen molar-refractivity contribution in [1.29, 1.82) is 0 Å². The van der Waals surface area contributed by atoms with E-state index in [0.29, 0.717) is 42.7 Å². The maximum atomic E-state index is 14.1. The van der Waals surface area contributed by atoms with E-state index >= 15 is 0 Å². The van der Waals surface area contributed by atoms with Crippen molar-refractivity contribution < 1.29 is 22.0 Å². The molecule has 3 aromatic rings. The minimum Gasteiger partial charge on any atom is -0.448 e. The maximum Gasteiger partial charge on any atom is 0.294 e. The predicted octanol–water partition coefficient (Wildman–Crippen LogP) is 4.26. The van der Waals surface area contributed by atoms with Gasteiger partial charge in [0, 0.05) is 36.3 Å². The number of carbonyl (C=O) groups is 1. The quantitative estimate of drug-likeness (QED) is 0.608. The van der Waals surface area contributed by atoms with Crippen molar-refractivity contribution in [3.63, 3.8) is 0 Å². The summed E-state index contributed by atoms with van der Waals surface area (Å²) in [4.78, 5) is 15.1. The van der Waals surface area contributed by atoms with Crippen molar-refractivity contribution in [3.05, 3.63) is 59.1 Å². The summed E-state index contributed by atoms with van der Waals surface area (Å²) in [6, 6.07) is 9.55. The van der Waals surface area contributed by atoms with Gasteiger partial charge in [-0.05, 0) is 56.0 Å². The molecule has 3 heterocycles. The number of hydrogen-bond acceptors (Lipinski definition) is 4. The molecule has 0 N–H and O–H groups in total. The summed E-state index contributed by atoms with van der Waals surface area (Å²) in [6.45, 7) is 3.25. The number of sulfonamides is 1. The Hall–Kier alpha value is -2.71. The number of hydrogen-bond donors (Lipinski definition) is 0. The molecule has 162 valence electrons. The van der Waals surface area contributed by atoms with Crippen LogP contribution in [-0.4, -0.2) is 38.3 Å². The zero-order valence-corrected chi connectivity index (χ0v) is 18.0. The first-order chi connectivity index (χ1) is 14.9. The number of carbonyl (C=O) groups excluding carboxylic acids is 1. The number of piperidine rings is 1. The number of fused-ring (bicyclic) bond motifs is 2. The number of rotatable bonds is 3. The standard InChI is InChI=1S/C23H23FN2O4S/c1-15-18-6-5-7-19(24)22(18)30-21(15)23(27)26-13-10-16-14-17(8-9-20(16)26)31(28,29)25-11-3-2-4-12-25/h5-9,14H,2-4,10-13H2,1H3. The van der Waals surface area contributed by atoms with Crippen molar-refractivity contribution >= 4 is 32.6 Å². The molecule has 6 nitrogen and oxygen atoms in total. The Bertz CT molecular complexity index is 1290. The molecule has 0 saturated carbocycles. The number of nitrogens with zero attached hydrogens (tertiary/aromatic N) is 2. The van der Waals surface area contributed by atoms with E-state index in [1.54, 1.807) is 46.5 Å². The lowest BCUT2D eigenvalue weighted by Gasteiger charge is -2.26. The molecule has 0 aliphatic carbocycles. The van der Waals surface area contributed by atoms with Crippen LogP contribution < -0.4 is 4.90 Å². The molecule has 2 aliphatic rings. The van der Waals surface area contributed by atoms with E-state index in [1.165, 1.54) is 6.07 Å². The Kier molecular flexibility index (Phi) is 4.86. The molecule has 0 spiro atoms. The normalized spacial score (nSPS) is 17.3. The van der Waals surface area contributed by atoms with Crippen LogP contribution in [0.4, 0.5) is 10.1 Å². The molecular weight excluding hydrogens is 419 g/mol. The third-order valence-electron chi connectivity index (χ3n) is 6.25. The topological polar surface area (TPSA) is 70.8 Å². The Balaban J connectivity index is 1.47. The molecule has 0 bridgehead atoms. The van der Waals surface area contributed by atoms with Gasteiger partial charge in [-0.1, -0.05) is 18.6 Å². The fourth-order valence-corrected chi connectivity index (χ4v) is 6.11. The van der Waals surface area contributed by atoms with Crippen LogP contribution in [0, 0.1) is 12.7 Å². The van der Waals surface area contributed by atoms with Crippen LogP contribution in [0.15, 0.2) is 45.7 Å². The number of para-hydroxylation sites is 1. The molecule has 1 fully saturated rings. The van der Waals surface area contributed by atoms with Gasteiger partial charge in [-0.25, -0.2) is 12.8 Å². The summed E-state index contributed by atoms with van der Waals surface area (Å²) >= 11 is 0. The van der Waals surface area contributed by atoms with Gasteiger partial charge in [0.25, 0.3) is 5.91 Å². The molecule has 1 saturated heterocycles. The highest BCUT2D eigenvalue weighted by Crippen LogP contribution is 2.35. The molecule has 8 heteroatoms. The highest BCUT2D eigenvalue weighted by Gasteiger charge is 2.32. The molecule has 0 radical (unpaired) electrons. The minimum absolute atomic E-state index is 0.0748. The molecular formula is C23H23FN2O4S. The molecule has 5 rings (SSSR count). The summed E-state index contributed by atoms with van der Waals surface area (Å²) in [6.07, 6.45) is 3.37. The van der Waals surface area contributed by atoms with E-state index in [9.17, 15) is 17.6 Å². The van der Waals surface area contributed by atoms with Crippen molar-refractivity contribution in [2.45, 2.75) is 37.5 Å². The molecule has 1 aromatic heterocycles. The van der Waals surface area contributed by atoms with Crippen LogP contribution in [0.1, 0.15) is 40.9 Å². The first kappa shape index (κ1) is 20.2. The van der Waals surface area contributed by atoms with Crippen molar-refractivity contribution in [1.82, 2.24) is 4.31 Å². The number of anilines is 1. The molecule has 2 aromatic carbocycles. The monoisotopic (exact) mass is 442 g/mol. The SMILES string of the molecule is Cc1c(C(=O)N2CCc3cc(S(=O)(=O)N4CCCCC4)ccc32)oc2c(F)cccc12. The maximum absolute atomic E-state index is 14.1. The number of aryl methyl sites for hydroxylation is 1. The largest absolute Gasteiger partial charge is 0.448 e. The third-order valence-corrected chi connectivity index (χ3v) is 8.15. The predicted molar refractivity (Wildman–Crippen MR) is 115 cm³/mol. The summed E-state index contributed by atoms with van der Waals surface area (Å²) in [5.74, 6) is -0.745. The summed E-state index contributed by atoms with van der Waals surface area (Å²) in [5, 5.41) is 0.575. The Labute approximate surface area is 180 Å². The lowest BCUT2D eigenvalue weighted by molar-refractivity contribution is 0.0964. The van der Waals surface area contributed by atoms with Crippen LogP contribution in [0.5, 0.6) is 0 Å². The average Bonchev–Trinajstić information content (AvgIpc) is 3.36. The minimum atomic E-state index is -3.53. The van der Waals surface area contributed by atoms with Gasteiger partial charge < -0.3 is 9.32 Å². The molecule has 0 unspecified atom stereocenters. The summed E-state index contributed by atoms with van der Waals surface area (Å²) in [5.41, 5.74) is 2.15. The first-order valence-corrected chi connectivity index (χ1v) is 11.9. The Morgan fingerprint density at radius 2 is 1.84 bits per heavy atom. The van der Waals surface area contributed by atoms with Crippen LogP contribution in [0.2, 0.25) is 0 Å². The van der Waals surface area contributed by atoms with E-state index in [-0.39, 0.29) is 22.1 Å². The lowest BCUT2D eigenvalue weighted by Crippen LogP contribution is -2.35. The fourth-order valence-electron chi connectivity index (χ4n) is 4.54. The van der Waals surface area contributed by atoms with E-state index in [4.69, 9.17) is 4.42 Å². The van der Waals surface area contributed by atoms with Gasteiger partial charge in [0.1, 0.15) is 0 Å². The second-order valence-electron chi connectivity index (χ2n) is 8.13. The van der Waals surface area contributed by atoms with Gasteiger partial charge in [0.2, 0.25) is 10.0 Å². The molecule has 31 heavy (non-hydrogen) atoms. The first-order valence-electron chi connectivity index (χ1n) is 10.5. The summed E-state index contributed by atoms with van der Waals surface area (Å²) < 4.78 is 47.2. The van der Waals surface area contributed by atoms with Crippen molar-refractivity contribution in [2.24, 2.45) is 0 Å². The number of halogens is 1. The van der Waals surface area contributed by atoms with Gasteiger partial charge in [-0.2, -0.15) is 4.31 Å². The highest BCUT2D eigenvalue weighted by molar-refractivity contribution is 7.89. The third kappa shape index (κ3) is 3.25. The highest BCUT2D eigenvalue weighted by atomic mass is 32.2. The van der Waals surface area contributed by atoms with E-state index in [2.05, 4.69) is 0 Å². The van der Waals surface area contributed by atoms with Crippen molar-refractivity contribution in [2.75, 3.05) is 24.5 Å².